The number of aryl methyl sites for hydroxylation is 1. The number of para-hydroxylation sites is 3. The molecule has 242 valence electrons. The first-order chi connectivity index (χ1) is 24.1. The first kappa shape index (κ1) is 27.5. The average molecular weight is 654 g/mol. The summed E-state index contributed by atoms with van der Waals surface area (Å²) >= 11 is 0. The van der Waals surface area contributed by atoms with E-state index in [-0.39, 0.29) is 5.41 Å². The van der Waals surface area contributed by atoms with Crippen molar-refractivity contribution in [1.29, 1.82) is 0 Å². The Morgan fingerprint density at radius 1 is 0.792 bits per heavy atom. The van der Waals surface area contributed by atoms with Crippen LogP contribution in [-0.4, -0.2) is 21.4 Å². The van der Waals surface area contributed by atoms with Gasteiger partial charge in [-0.2, -0.15) is 4.57 Å². The predicted molar refractivity (Wildman–Crippen MR) is 182 cm³/mol. The third-order valence-electron chi connectivity index (χ3n) is 8.14. The lowest BCUT2D eigenvalue weighted by molar-refractivity contribution is -0.645. The van der Waals surface area contributed by atoms with Gasteiger partial charge in [-0.15, -0.1) is 0 Å². The van der Waals surface area contributed by atoms with E-state index in [9.17, 15) is 17.3 Å². The largest absolute Gasteiger partial charge is 0.673 e. The van der Waals surface area contributed by atoms with Crippen molar-refractivity contribution in [2.75, 3.05) is 0 Å². The van der Waals surface area contributed by atoms with Gasteiger partial charge in [0.05, 0.1) is 27.5 Å². The number of furan rings is 1. The van der Waals surface area contributed by atoms with Crippen LogP contribution in [0.4, 0.5) is 17.3 Å². The van der Waals surface area contributed by atoms with Crippen LogP contribution in [0.2, 0.25) is 0 Å². The van der Waals surface area contributed by atoms with Gasteiger partial charge in [0.2, 0.25) is 6.33 Å². The van der Waals surface area contributed by atoms with Crippen LogP contribution in [0.15, 0.2) is 120 Å². The summed E-state index contributed by atoms with van der Waals surface area (Å²) in [4.78, 5) is 4.79. The molecule has 8 rings (SSSR count). The highest BCUT2D eigenvalue weighted by atomic mass is 19.5. The van der Waals surface area contributed by atoms with Crippen molar-refractivity contribution >= 4 is 51.1 Å². The Bertz CT molecular complexity index is 2560. The maximum absolute atomic E-state index is 9.75. The Hall–Kier alpha value is -5.58. The van der Waals surface area contributed by atoms with Crippen LogP contribution in [0.3, 0.4) is 0 Å². The van der Waals surface area contributed by atoms with Gasteiger partial charge in [-0.05, 0) is 71.6 Å². The summed E-state index contributed by atoms with van der Waals surface area (Å²) < 4.78 is 80.9. The van der Waals surface area contributed by atoms with E-state index in [0.29, 0.717) is 22.6 Å². The Morgan fingerprint density at radius 3 is 2.25 bits per heavy atom. The maximum Gasteiger partial charge on any atom is 0.673 e. The lowest BCUT2D eigenvalue weighted by Crippen LogP contribution is -2.25. The zero-order valence-electron chi connectivity index (χ0n) is 29.2. The minimum atomic E-state index is -6.00. The zero-order valence-corrected chi connectivity index (χ0v) is 26.2. The number of aromatic nitrogens is 4. The normalized spacial score (nSPS) is 13.4. The van der Waals surface area contributed by atoms with Gasteiger partial charge in [-0.25, -0.2) is 9.55 Å². The van der Waals surface area contributed by atoms with Crippen LogP contribution in [0.25, 0.3) is 55.3 Å². The molecule has 48 heavy (non-hydrogen) atoms. The van der Waals surface area contributed by atoms with Crippen molar-refractivity contribution in [3.63, 3.8) is 0 Å². The maximum atomic E-state index is 9.75. The van der Waals surface area contributed by atoms with Crippen molar-refractivity contribution < 1.29 is 35.1 Å². The standard InChI is InChI=1S/C37H31N4O2.BF4/c1-37(2,3)24-17-18-38-36(19-24)41-30-10-6-5-9-27(30)28-15-13-26(21-33(28)41)43-25-14-16-35-29(20-25)34(22-42-35)40-23-39(4)31-11-7-8-12-32(31)40;2-1(3,4)5/h5-23H,1-4H3;/q+1;-1/i4D3;. The highest BCUT2D eigenvalue weighted by molar-refractivity contribution is 6.50. The van der Waals surface area contributed by atoms with E-state index in [2.05, 4.69) is 67.8 Å². The van der Waals surface area contributed by atoms with Gasteiger partial charge in [0, 0.05) is 23.0 Å². The monoisotopic (exact) mass is 653 g/mol. The number of hydrogen-bond donors (Lipinski definition) is 0. The number of imidazole rings is 1. The highest BCUT2D eigenvalue weighted by Crippen LogP contribution is 2.37. The average Bonchev–Trinajstić information content (AvgIpc) is 3.75. The molecule has 0 saturated carbocycles. The van der Waals surface area contributed by atoms with Gasteiger partial charge in [0.15, 0.2) is 16.7 Å². The zero-order chi connectivity index (χ0) is 36.3. The molecule has 4 heterocycles. The first-order valence-electron chi connectivity index (χ1n) is 16.7. The molecule has 0 aliphatic carbocycles. The molecule has 0 aliphatic rings. The number of halogens is 4. The number of benzene rings is 4. The summed E-state index contributed by atoms with van der Waals surface area (Å²) in [5.41, 5.74) is 6.02. The number of ether oxygens (including phenoxy) is 1. The molecular formula is C37H31BF4N4O2. The number of rotatable bonds is 4. The Labute approximate surface area is 277 Å². The molecule has 0 bridgehead atoms. The van der Waals surface area contributed by atoms with E-state index in [4.69, 9.17) is 18.3 Å². The fourth-order valence-electron chi connectivity index (χ4n) is 5.95. The Morgan fingerprint density at radius 2 is 1.48 bits per heavy atom. The number of nitrogens with zero attached hydrogens (tertiary/aromatic N) is 4. The number of hydrogen-bond acceptors (Lipinski definition) is 3. The molecule has 0 atom stereocenters. The second-order valence-electron chi connectivity index (χ2n) is 12.4. The van der Waals surface area contributed by atoms with Gasteiger partial charge >= 0.3 is 7.25 Å². The second kappa shape index (κ2) is 11.6. The molecule has 4 aromatic heterocycles. The van der Waals surface area contributed by atoms with E-state index in [1.54, 1.807) is 18.7 Å². The van der Waals surface area contributed by atoms with E-state index < -0.39 is 14.2 Å². The molecule has 0 amide bonds. The molecule has 0 fully saturated rings. The lowest BCUT2D eigenvalue weighted by Gasteiger charge is -2.20. The topological polar surface area (TPSA) is 49.0 Å². The molecule has 11 heteroatoms. The Balaban J connectivity index is 0.000000761. The number of fused-ring (bicyclic) bond motifs is 5. The first-order valence-corrected chi connectivity index (χ1v) is 15.2. The lowest BCUT2D eigenvalue weighted by atomic mass is 9.88. The highest BCUT2D eigenvalue weighted by Gasteiger charge is 2.22. The minimum Gasteiger partial charge on any atom is -0.460 e. The van der Waals surface area contributed by atoms with Gasteiger partial charge in [0.25, 0.3) is 0 Å². The summed E-state index contributed by atoms with van der Waals surface area (Å²) in [7, 11) is -6.00. The van der Waals surface area contributed by atoms with Crippen LogP contribution in [-0.2, 0) is 12.4 Å². The SMILES string of the molecule is F[B-](F)(F)F.[2H]C([2H])([2H])[n+]1cn(-c2coc3ccc(Oc4ccc5c6ccccc6n(-c6cc(C(C)(C)C)ccn6)c5c4)cc23)c2ccccc21. The Kier molecular flexibility index (Phi) is 6.65. The summed E-state index contributed by atoms with van der Waals surface area (Å²) in [5.74, 6) is 2.17. The van der Waals surface area contributed by atoms with Gasteiger partial charge in [-0.3, -0.25) is 4.57 Å². The van der Waals surface area contributed by atoms with Gasteiger partial charge in [-0.1, -0.05) is 51.1 Å². The molecule has 8 aromatic rings. The fourth-order valence-corrected chi connectivity index (χ4v) is 5.95. The van der Waals surface area contributed by atoms with Crippen LogP contribution in [0, 0.1) is 0 Å². The van der Waals surface area contributed by atoms with Crippen LogP contribution >= 0.6 is 0 Å². The predicted octanol–water partition coefficient (Wildman–Crippen LogP) is 10.1. The van der Waals surface area contributed by atoms with Gasteiger partial charge < -0.3 is 26.4 Å². The molecule has 6 nitrogen and oxygen atoms in total. The summed E-state index contributed by atoms with van der Waals surface area (Å²) in [6, 6.07) is 31.8. The van der Waals surface area contributed by atoms with Crippen molar-refractivity contribution in [3.05, 3.63) is 121 Å². The third-order valence-corrected chi connectivity index (χ3v) is 8.14. The molecule has 0 spiro atoms. The second-order valence-corrected chi connectivity index (χ2v) is 12.4. The fraction of sp³-hybridized carbons (Fsp3) is 0.135. The van der Waals surface area contributed by atoms with Crippen molar-refractivity contribution in [3.8, 4) is 23.0 Å². The molecule has 0 radical (unpaired) electrons. The van der Waals surface area contributed by atoms with Crippen molar-refractivity contribution in [1.82, 2.24) is 14.1 Å². The molecule has 0 aliphatic heterocycles. The molecular weight excluding hydrogens is 619 g/mol. The molecule has 0 saturated heterocycles. The van der Waals surface area contributed by atoms with E-state index in [1.807, 2.05) is 59.3 Å². The van der Waals surface area contributed by atoms with Crippen molar-refractivity contribution in [2.45, 2.75) is 26.2 Å². The quantitative estimate of drug-likeness (QED) is 0.108. The van der Waals surface area contributed by atoms with E-state index >= 15 is 0 Å². The van der Waals surface area contributed by atoms with Crippen LogP contribution in [0.1, 0.15) is 30.4 Å². The molecule has 0 N–H and O–H groups in total. The van der Waals surface area contributed by atoms with E-state index in [1.165, 1.54) is 10.1 Å². The molecule has 0 unspecified atom stereocenters. The summed E-state index contributed by atoms with van der Waals surface area (Å²) in [5, 5.41) is 3.06. The third kappa shape index (κ3) is 5.87. The number of pyridine rings is 1. The van der Waals surface area contributed by atoms with Crippen LogP contribution < -0.4 is 9.30 Å². The smallest absolute Gasteiger partial charge is 0.460 e. The summed E-state index contributed by atoms with van der Waals surface area (Å²) in [6.07, 6.45) is 5.13. The van der Waals surface area contributed by atoms with Crippen LogP contribution in [0.5, 0.6) is 11.5 Å². The van der Waals surface area contributed by atoms with E-state index in [0.717, 1.165) is 44.2 Å². The molecule has 4 aromatic carbocycles. The van der Waals surface area contributed by atoms with Crippen molar-refractivity contribution in [2.24, 2.45) is 6.98 Å². The summed E-state index contributed by atoms with van der Waals surface area (Å²) in [6.45, 7) is 4.28. The van der Waals surface area contributed by atoms with Gasteiger partial charge in [0.1, 0.15) is 29.2 Å². The minimum absolute atomic E-state index is 0.0186.